The van der Waals surface area contributed by atoms with Gasteiger partial charge in [0.2, 0.25) is 0 Å². The first kappa shape index (κ1) is 17.5. The molecular weight excluding hydrogens is 352 g/mol. The van der Waals surface area contributed by atoms with Crippen LogP contribution in [0.4, 0.5) is 0 Å². The molecule has 5 rings (SSSR count). The Balaban J connectivity index is 1.90. The Hall–Kier alpha value is -3.58. The molecule has 140 valence electrons. The first-order valence-corrected chi connectivity index (χ1v) is 9.97. The number of hydrogen-bond acceptors (Lipinski definition) is 1. The summed E-state index contributed by atoms with van der Waals surface area (Å²) in [5.74, 6) is 0.930. The normalized spacial score (nSPS) is 11.1. The molecule has 0 amide bonds. The van der Waals surface area contributed by atoms with Crippen LogP contribution in [0.2, 0.25) is 0 Å². The van der Waals surface area contributed by atoms with E-state index >= 15 is 0 Å². The fourth-order valence-electron chi connectivity index (χ4n) is 4.33. The topological polar surface area (TPSA) is 13.1 Å². The van der Waals surface area contributed by atoms with Crippen LogP contribution in [-0.4, -0.2) is 0 Å². The summed E-state index contributed by atoms with van der Waals surface area (Å²) >= 11 is 0. The van der Waals surface area contributed by atoms with Gasteiger partial charge in [0.05, 0.1) is 0 Å². The van der Waals surface area contributed by atoms with Crippen LogP contribution in [0.5, 0.6) is 0 Å². The lowest BCUT2D eigenvalue weighted by molar-refractivity contribution is 0.632. The third-order valence-electron chi connectivity index (χ3n) is 5.59. The van der Waals surface area contributed by atoms with Crippen molar-refractivity contribution in [2.75, 3.05) is 0 Å². The molecule has 0 aliphatic carbocycles. The van der Waals surface area contributed by atoms with Gasteiger partial charge in [-0.15, -0.1) is 0 Å². The minimum atomic E-state index is 0.930. The van der Waals surface area contributed by atoms with Crippen LogP contribution in [0.25, 0.3) is 44.5 Å². The molecule has 0 aliphatic heterocycles. The zero-order valence-corrected chi connectivity index (χ0v) is 16.6. The van der Waals surface area contributed by atoms with Crippen molar-refractivity contribution >= 4 is 11.0 Å². The summed E-state index contributed by atoms with van der Waals surface area (Å²) in [5.41, 5.74) is 9.41. The third-order valence-corrected chi connectivity index (χ3v) is 5.59. The van der Waals surface area contributed by atoms with E-state index in [2.05, 4.69) is 105 Å². The van der Waals surface area contributed by atoms with Crippen LogP contribution in [0.3, 0.4) is 0 Å². The predicted octanol–water partition coefficient (Wildman–Crippen LogP) is 8.05. The number of furan rings is 1. The molecule has 0 spiro atoms. The molecule has 0 bridgehead atoms. The van der Waals surface area contributed by atoms with Gasteiger partial charge in [-0.2, -0.15) is 0 Å². The number of hydrogen-bond donors (Lipinski definition) is 0. The van der Waals surface area contributed by atoms with Gasteiger partial charge in [-0.1, -0.05) is 91.0 Å². The number of rotatable bonds is 3. The molecule has 0 radical (unpaired) electrons. The summed E-state index contributed by atoms with van der Waals surface area (Å²) in [6, 6.07) is 33.8. The standard InChI is InChI=1S/C28H22O/c1-19-18-24-26(20(2)25(19)21-12-6-3-7-13-21)27(22-14-8-4-9-15-22)28(29-24)23-16-10-5-11-17-23/h3-18H,1-2H3. The van der Waals surface area contributed by atoms with Gasteiger partial charge in [0, 0.05) is 16.5 Å². The average molecular weight is 374 g/mol. The molecule has 0 atom stereocenters. The lowest BCUT2D eigenvalue weighted by Gasteiger charge is -2.12. The molecule has 5 aromatic rings. The minimum Gasteiger partial charge on any atom is -0.455 e. The first-order chi connectivity index (χ1) is 14.2. The quantitative estimate of drug-likeness (QED) is 0.311. The minimum absolute atomic E-state index is 0.930. The number of aryl methyl sites for hydroxylation is 2. The molecule has 1 aromatic heterocycles. The van der Waals surface area contributed by atoms with Crippen molar-refractivity contribution in [3.63, 3.8) is 0 Å². The molecule has 4 aromatic carbocycles. The van der Waals surface area contributed by atoms with Crippen molar-refractivity contribution in [3.05, 3.63) is 108 Å². The van der Waals surface area contributed by atoms with Crippen LogP contribution >= 0.6 is 0 Å². The zero-order chi connectivity index (χ0) is 19.8. The van der Waals surface area contributed by atoms with Gasteiger partial charge >= 0.3 is 0 Å². The maximum Gasteiger partial charge on any atom is 0.143 e. The Morgan fingerprint density at radius 1 is 0.552 bits per heavy atom. The summed E-state index contributed by atoms with van der Waals surface area (Å²) in [7, 11) is 0. The van der Waals surface area contributed by atoms with Crippen LogP contribution in [0, 0.1) is 13.8 Å². The van der Waals surface area contributed by atoms with Crippen LogP contribution < -0.4 is 0 Å². The first-order valence-electron chi connectivity index (χ1n) is 9.97. The van der Waals surface area contributed by atoms with Crippen molar-refractivity contribution < 1.29 is 4.42 Å². The van der Waals surface area contributed by atoms with Gasteiger partial charge in [-0.05, 0) is 47.7 Å². The zero-order valence-electron chi connectivity index (χ0n) is 16.6. The molecule has 0 fully saturated rings. The Morgan fingerprint density at radius 2 is 1.03 bits per heavy atom. The summed E-state index contributed by atoms with van der Waals surface area (Å²) in [4.78, 5) is 0. The van der Waals surface area contributed by atoms with E-state index in [0.29, 0.717) is 0 Å². The molecule has 0 aliphatic rings. The second-order valence-electron chi connectivity index (χ2n) is 7.47. The second-order valence-corrected chi connectivity index (χ2v) is 7.47. The highest BCUT2D eigenvalue weighted by atomic mass is 16.3. The Labute approximate surface area is 171 Å². The number of fused-ring (bicyclic) bond motifs is 1. The van der Waals surface area contributed by atoms with E-state index in [1.807, 2.05) is 6.07 Å². The van der Waals surface area contributed by atoms with Gasteiger partial charge in [0.25, 0.3) is 0 Å². The molecule has 1 heterocycles. The van der Waals surface area contributed by atoms with Gasteiger partial charge in [-0.3, -0.25) is 0 Å². The summed E-state index contributed by atoms with van der Waals surface area (Å²) < 4.78 is 6.49. The third kappa shape index (κ3) is 2.96. The highest BCUT2D eigenvalue weighted by Crippen LogP contribution is 2.45. The van der Waals surface area contributed by atoms with Gasteiger partial charge in [0.1, 0.15) is 11.3 Å². The van der Waals surface area contributed by atoms with E-state index in [4.69, 9.17) is 4.42 Å². The highest BCUT2D eigenvalue weighted by molar-refractivity contribution is 6.06. The Morgan fingerprint density at radius 3 is 1.59 bits per heavy atom. The number of benzene rings is 4. The maximum atomic E-state index is 6.49. The lowest BCUT2D eigenvalue weighted by atomic mass is 9.89. The molecule has 1 heteroatoms. The van der Waals surface area contributed by atoms with Crippen molar-refractivity contribution in [2.45, 2.75) is 13.8 Å². The second kappa shape index (κ2) is 7.10. The maximum absolute atomic E-state index is 6.49. The van der Waals surface area contributed by atoms with Gasteiger partial charge in [-0.25, -0.2) is 0 Å². The largest absolute Gasteiger partial charge is 0.455 e. The molecule has 0 unspecified atom stereocenters. The van der Waals surface area contributed by atoms with Crippen molar-refractivity contribution in [1.82, 2.24) is 0 Å². The molecular formula is C28H22O. The summed E-state index contributed by atoms with van der Waals surface area (Å²) in [6.07, 6.45) is 0. The fourth-order valence-corrected chi connectivity index (χ4v) is 4.33. The Kier molecular flexibility index (Phi) is 4.29. The van der Waals surface area contributed by atoms with E-state index in [1.165, 1.54) is 38.8 Å². The van der Waals surface area contributed by atoms with Gasteiger partial charge in [0.15, 0.2) is 0 Å². The summed E-state index contributed by atoms with van der Waals surface area (Å²) in [5, 5.41) is 1.19. The average Bonchev–Trinajstić information content (AvgIpc) is 3.15. The highest BCUT2D eigenvalue weighted by Gasteiger charge is 2.22. The van der Waals surface area contributed by atoms with Crippen molar-refractivity contribution in [3.8, 4) is 33.6 Å². The lowest BCUT2D eigenvalue weighted by Crippen LogP contribution is -1.90. The monoisotopic (exact) mass is 374 g/mol. The fraction of sp³-hybridized carbons (Fsp3) is 0.0714. The molecule has 29 heavy (non-hydrogen) atoms. The van der Waals surface area contributed by atoms with Crippen LogP contribution in [0.1, 0.15) is 11.1 Å². The molecule has 0 saturated carbocycles. The van der Waals surface area contributed by atoms with Gasteiger partial charge < -0.3 is 4.42 Å². The predicted molar refractivity (Wildman–Crippen MR) is 122 cm³/mol. The van der Waals surface area contributed by atoms with E-state index < -0.39 is 0 Å². The summed E-state index contributed by atoms with van der Waals surface area (Å²) in [6.45, 7) is 4.38. The van der Waals surface area contributed by atoms with Crippen LogP contribution in [0.15, 0.2) is 101 Å². The smallest absolute Gasteiger partial charge is 0.143 e. The Bertz CT molecular complexity index is 1280. The van der Waals surface area contributed by atoms with Crippen LogP contribution in [-0.2, 0) is 0 Å². The molecule has 0 N–H and O–H groups in total. The van der Waals surface area contributed by atoms with E-state index in [1.54, 1.807) is 0 Å². The van der Waals surface area contributed by atoms with E-state index in [9.17, 15) is 0 Å². The van der Waals surface area contributed by atoms with Crippen molar-refractivity contribution in [1.29, 1.82) is 0 Å². The molecule has 1 nitrogen and oxygen atoms in total. The molecule has 0 saturated heterocycles. The van der Waals surface area contributed by atoms with Crippen molar-refractivity contribution in [2.24, 2.45) is 0 Å². The SMILES string of the molecule is Cc1cc2oc(-c3ccccc3)c(-c3ccccc3)c2c(C)c1-c1ccccc1. The van der Waals surface area contributed by atoms with E-state index in [-0.39, 0.29) is 0 Å². The van der Waals surface area contributed by atoms with E-state index in [0.717, 1.165) is 16.9 Å².